The van der Waals surface area contributed by atoms with E-state index in [1.54, 1.807) is 0 Å². The SMILES string of the molecule is CCCNC(C)c1ccc(N2CCC(C(C)O)C2)c(Cl)c1. The van der Waals surface area contributed by atoms with Gasteiger partial charge in [-0.2, -0.15) is 0 Å². The fourth-order valence-corrected chi connectivity index (χ4v) is 3.24. The van der Waals surface area contributed by atoms with Gasteiger partial charge in [-0.1, -0.05) is 24.6 Å². The van der Waals surface area contributed by atoms with Crippen LogP contribution in [0.4, 0.5) is 5.69 Å². The van der Waals surface area contributed by atoms with Crippen LogP contribution < -0.4 is 10.2 Å². The van der Waals surface area contributed by atoms with Crippen molar-refractivity contribution in [1.82, 2.24) is 5.32 Å². The molecule has 1 saturated heterocycles. The van der Waals surface area contributed by atoms with Crippen molar-refractivity contribution in [2.24, 2.45) is 5.92 Å². The van der Waals surface area contributed by atoms with E-state index in [4.69, 9.17) is 11.6 Å². The fraction of sp³-hybridized carbons (Fsp3) is 0.647. The molecule has 4 heteroatoms. The summed E-state index contributed by atoms with van der Waals surface area (Å²) < 4.78 is 0. The zero-order valence-electron chi connectivity index (χ0n) is 13.3. The summed E-state index contributed by atoms with van der Waals surface area (Å²) in [6, 6.07) is 6.66. The number of halogens is 1. The van der Waals surface area contributed by atoms with Gasteiger partial charge in [0.05, 0.1) is 16.8 Å². The molecule has 0 spiro atoms. The molecule has 0 radical (unpaired) electrons. The van der Waals surface area contributed by atoms with Crippen molar-refractivity contribution in [2.75, 3.05) is 24.5 Å². The minimum atomic E-state index is -0.244. The zero-order valence-corrected chi connectivity index (χ0v) is 14.0. The second-order valence-electron chi connectivity index (χ2n) is 6.12. The van der Waals surface area contributed by atoms with Crippen LogP contribution in [-0.2, 0) is 0 Å². The Labute approximate surface area is 133 Å². The maximum atomic E-state index is 9.72. The number of nitrogens with zero attached hydrogens (tertiary/aromatic N) is 1. The first-order valence-corrected chi connectivity index (χ1v) is 8.36. The van der Waals surface area contributed by atoms with Crippen molar-refractivity contribution >= 4 is 17.3 Å². The normalized spacial score (nSPS) is 21.6. The molecular formula is C17H27ClN2O. The lowest BCUT2D eigenvalue weighted by molar-refractivity contribution is 0.136. The van der Waals surface area contributed by atoms with E-state index in [0.29, 0.717) is 12.0 Å². The minimum Gasteiger partial charge on any atom is -0.393 e. The Morgan fingerprint density at radius 1 is 1.43 bits per heavy atom. The van der Waals surface area contributed by atoms with Crippen molar-refractivity contribution in [1.29, 1.82) is 0 Å². The molecule has 0 amide bonds. The molecule has 1 fully saturated rings. The Morgan fingerprint density at radius 3 is 2.76 bits per heavy atom. The summed E-state index contributed by atoms with van der Waals surface area (Å²) in [5.41, 5.74) is 2.31. The molecule has 0 bridgehead atoms. The second-order valence-corrected chi connectivity index (χ2v) is 6.53. The molecule has 3 unspecified atom stereocenters. The number of benzene rings is 1. The number of aliphatic hydroxyl groups is 1. The summed E-state index contributed by atoms with van der Waals surface area (Å²) in [5, 5.41) is 14.0. The summed E-state index contributed by atoms with van der Waals surface area (Å²) in [6.07, 6.45) is 1.92. The van der Waals surface area contributed by atoms with Crippen molar-refractivity contribution in [3.05, 3.63) is 28.8 Å². The summed E-state index contributed by atoms with van der Waals surface area (Å²) in [7, 11) is 0. The number of aliphatic hydroxyl groups excluding tert-OH is 1. The van der Waals surface area contributed by atoms with E-state index in [9.17, 15) is 5.11 Å². The highest BCUT2D eigenvalue weighted by atomic mass is 35.5. The van der Waals surface area contributed by atoms with Gasteiger partial charge in [-0.3, -0.25) is 0 Å². The van der Waals surface area contributed by atoms with E-state index in [-0.39, 0.29) is 6.10 Å². The highest BCUT2D eigenvalue weighted by molar-refractivity contribution is 6.33. The van der Waals surface area contributed by atoms with E-state index < -0.39 is 0 Å². The Kier molecular flexibility index (Phi) is 5.91. The van der Waals surface area contributed by atoms with Crippen LogP contribution in [0.15, 0.2) is 18.2 Å². The number of anilines is 1. The maximum Gasteiger partial charge on any atom is 0.0642 e. The van der Waals surface area contributed by atoms with Crippen LogP contribution in [0.1, 0.15) is 45.2 Å². The van der Waals surface area contributed by atoms with Gasteiger partial charge in [0.1, 0.15) is 0 Å². The average molecular weight is 311 g/mol. The summed E-state index contributed by atoms with van der Waals surface area (Å²) in [4.78, 5) is 2.29. The van der Waals surface area contributed by atoms with Gasteiger partial charge in [-0.15, -0.1) is 0 Å². The smallest absolute Gasteiger partial charge is 0.0642 e. The summed E-state index contributed by atoms with van der Waals surface area (Å²) >= 11 is 6.48. The molecule has 1 heterocycles. The Bertz CT molecular complexity index is 464. The number of nitrogens with one attached hydrogen (secondary N) is 1. The van der Waals surface area contributed by atoms with Crippen molar-refractivity contribution in [3.63, 3.8) is 0 Å². The van der Waals surface area contributed by atoms with Crippen LogP contribution in [-0.4, -0.2) is 30.8 Å². The highest BCUT2D eigenvalue weighted by Gasteiger charge is 2.27. The van der Waals surface area contributed by atoms with Crippen molar-refractivity contribution < 1.29 is 5.11 Å². The first-order chi connectivity index (χ1) is 10.0. The zero-order chi connectivity index (χ0) is 15.4. The van der Waals surface area contributed by atoms with Crippen molar-refractivity contribution in [3.8, 4) is 0 Å². The number of rotatable bonds is 6. The van der Waals surface area contributed by atoms with Crippen LogP contribution in [0.2, 0.25) is 5.02 Å². The quantitative estimate of drug-likeness (QED) is 0.842. The standard InChI is InChI=1S/C17H27ClN2O/c1-4-8-19-12(2)14-5-6-17(16(18)10-14)20-9-7-15(11-20)13(3)21/h5-6,10,12-13,15,19,21H,4,7-9,11H2,1-3H3. The molecule has 1 aliphatic heterocycles. The van der Waals surface area contributed by atoms with E-state index >= 15 is 0 Å². The van der Waals surface area contributed by atoms with E-state index in [1.165, 1.54) is 5.56 Å². The van der Waals surface area contributed by atoms with E-state index in [2.05, 4.69) is 42.3 Å². The summed E-state index contributed by atoms with van der Waals surface area (Å²) in [6.45, 7) is 9.09. The maximum absolute atomic E-state index is 9.72. The number of hydrogen-bond donors (Lipinski definition) is 2. The lowest BCUT2D eigenvalue weighted by Crippen LogP contribution is -2.24. The van der Waals surface area contributed by atoms with Gasteiger partial charge in [-0.05, 0) is 50.9 Å². The Morgan fingerprint density at radius 2 is 2.19 bits per heavy atom. The van der Waals surface area contributed by atoms with Gasteiger partial charge in [0.15, 0.2) is 0 Å². The third kappa shape index (κ3) is 4.12. The molecule has 2 N–H and O–H groups in total. The Balaban J connectivity index is 2.06. The van der Waals surface area contributed by atoms with Crippen LogP contribution >= 0.6 is 11.6 Å². The second kappa shape index (κ2) is 7.48. The first-order valence-electron chi connectivity index (χ1n) is 7.98. The molecule has 1 aromatic carbocycles. The molecule has 3 nitrogen and oxygen atoms in total. The van der Waals surface area contributed by atoms with Crippen molar-refractivity contribution in [2.45, 2.75) is 45.8 Å². The van der Waals surface area contributed by atoms with Gasteiger partial charge >= 0.3 is 0 Å². The largest absolute Gasteiger partial charge is 0.393 e. The van der Waals surface area contributed by atoms with Gasteiger partial charge < -0.3 is 15.3 Å². The van der Waals surface area contributed by atoms with Crippen LogP contribution in [0, 0.1) is 5.92 Å². The van der Waals surface area contributed by atoms with Gasteiger partial charge in [0, 0.05) is 25.0 Å². The Hall–Kier alpha value is -0.770. The molecule has 118 valence electrons. The molecule has 3 atom stereocenters. The predicted molar refractivity (Wildman–Crippen MR) is 90.2 cm³/mol. The minimum absolute atomic E-state index is 0.244. The van der Waals surface area contributed by atoms with E-state index in [0.717, 1.165) is 43.2 Å². The molecule has 0 aromatic heterocycles. The third-order valence-electron chi connectivity index (χ3n) is 4.42. The van der Waals surface area contributed by atoms with Crippen LogP contribution in [0.25, 0.3) is 0 Å². The molecule has 0 aliphatic carbocycles. The fourth-order valence-electron chi connectivity index (χ4n) is 2.93. The van der Waals surface area contributed by atoms with Gasteiger partial charge in [0.2, 0.25) is 0 Å². The monoisotopic (exact) mass is 310 g/mol. The topological polar surface area (TPSA) is 35.5 Å². The molecule has 1 aliphatic rings. The van der Waals surface area contributed by atoms with Gasteiger partial charge in [0.25, 0.3) is 0 Å². The summed E-state index contributed by atoms with van der Waals surface area (Å²) in [5.74, 6) is 0.353. The highest BCUT2D eigenvalue weighted by Crippen LogP contribution is 2.33. The lowest BCUT2D eigenvalue weighted by Gasteiger charge is -2.22. The predicted octanol–water partition coefficient (Wildman–Crippen LogP) is 3.61. The van der Waals surface area contributed by atoms with Crippen LogP contribution in [0.5, 0.6) is 0 Å². The van der Waals surface area contributed by atoms with E-state index in [1.807, 2.05) is 6.92 Å². The molecule has 2 rings (SSSR count). The lowest BCUT2D eigenvalue weighted by atomic mass is 10.0. The molecular weight excluding hydrogens is 284 g/mol. The average Bonchev–Trinajstić information content (AvgIpc) is 2.94. The molecule has 0 saturated carbocycles. The first kappa shape index (κ1) is 16.6. The third-order valence-corrected chi connectivity index (χ3v) is 4.72. The van der Waals surface area contributed by atoms with Gasteiger partial charge in [-0.25, -0.2) is 0 Å². The van der Waals surface area contributed by atoms with Crippen LogP contribution in [0.3, 0.4) is 0 Å². The molecule has 1 aromatic rings. The molecule has 21 heavy (non-hydrogen) atoms. The number of hydrogen-bond acceptors (Lipinski definition) is 3.